The molecule has 2 aromatic rings. The van der Waals surface area contributed by atoms with Crippen molar-refractivity contribution in [3.8, 4) is 11.5 Å². The molecule has 0 aromatic heterocycles. The van der Waals surface area contributed by atoms with Gasteiger partial charge in [-0.25, -0.2) is 4.39 Å². The van der Waals surface area contributed by atoms with Gasteiger partial charge in [-0.3, -0.25) is 19.7 Å². The van der Waals surface area contributed by atoms with Crippen molar-refractivity contribution in [2.45, 2.75) is 39.4 Å². The number of nitrogens with zero attached hydrogens (tertiary/aromatic N) is 2. The maximum absolute atomic E-state index is 14.2. The van der Waals surface area contributed by atoms with E-state index in [0.29, 0.717) is 0 Å². The van der Waals surface area contributed by atoms with Gasteiger partial charge in [0.25, 0.3) is 5.91 Å². The molecule has 1 unspecified atom stereocenters. The maximum atomic E-state index is 14.2. The summed E-state index contributed by atoms with van der Waals surface area (Å²) < 4.78 is 24.7. The second kappa shape index (κ2) is 11.1. The average Bonchev–Trinajstić information content (AvgIpc) is 2.75. The Labute approximate surface area is 185 Å². The normalized spacial score (nSPS) is 11.6. The molecule has 0 aliphatic carbocycles. The van der Waals surface area contributed by atoms with Gasteiger partial charge in [0.2, 0.25) is 11.7 Å². The summed E-state index contributed by atoms with van der Waals surface area (Å²) in [4.78, 5) is 37.1. The lowest BCUT2D eigenvalue weighted by Crippen LogP contribution is -2.50. The monoisotopic (exact) mass is 447 g/mol. The smallest absolute Gasteiger partial charge is 0.311 e. The minimum absolute atomic E-state index is 0.0205. The standard InChI is InChI=1S/C22H26FN3O6/c1-14(2)24-22(28)15(3)25(12-16-7-5-6-8-18(16)23)21(27)13-32-17-9-10-19(26(29)30)20(11-17)31-4/h5-11,14-15H,12-13H2,1-4H3,(H,24,28). The number of nitro benzene ring substituents is 1. The number of hydrogen-bond acceptors (Lipinski definition) is 6. The molecule has 9 nitrogen and oxygen atoms in total. The number of halogens is 1. The van der Waals surface area contributed by atoms with Crippen LogP contribution in [0.5, 0.6) is 11.5 Å². The zero-order valence-corrected chi connectivity index (χ0v) is 18.3. The van der Waals surface area contributed by atoms with Crippen molar-refractivity contribution in [1.82, 2.24) is 10.2 Å². The Kier molecular flexibility index (Phi) is 8.51. The molecule has 10 heteroatoms. The minimum Gasteiger partial charge on any atom is -0.490 e. The highest BCUT2D eigenvalue weighted by Gasteiger charge is 2.27. The van der Waals surface area contributed by atoms with E-state index in [1.807, 2.05) is 0 Å². The molecule has 0 fully saturated rings. The average molecular weight is 447 g/mol. The molecule has 172 valence electrons. The van der Waals surface area contributed by atoms with Crippen molar-refractivity contribution in [1.29, 1.82) is 0 Å². The molecule has 32 heavy (non-hydrogen) atoms. The highest BCUT2D eigenvalue weighted by Crippen LogP contribution is 2.30. The molecule has 0 aliphatic heterocycles. The number of amides is 2. The van der Waals surface area contributed by atoms with Crippen LogP contribution < -0.4 is 14.8 Å². The molecule has 0 spiro atoms. The van der Waals surface area contributed by atoms with Gasteiger partial charge in [0.15, 0.2) is 6.61 Å². The highest BCUT2D eigenvalue weighted by atomic mass is 19.1. The third-order valence-corrected chi connectivity index (χ3v) is 4.61. The summed E-state index contributed by atoms with van der Waals surface area (Å²) in [7, 11) is 1.28. The molecule has 0 radical (unpaired) electrons. The topological polar surface area (TPSA) is 111 Å². The van der Waals surface area contributed by atoms with Crippen LogP contribution in [0.1, 0.15) is 26.3 Å². The fourth-order valence-electron chi connectivity index (χ4n) is 2.92. The molecule has 0 saturated heterocycles. The zero-order valence-electron chi connectivity index (χ0n) is 18.3. The summed E-state index contributed by atoms with van der Waals surface area (Å²) in [5.41, 5.74) is 0.00777. The van der Waals surface area contributed by atoms with Gasteiger partial charge in [-0.15, -0.1) is 0 Å². The number of hydrogen-bond donors (Lipinski definition) is 1. The van der Waals surface area contributed by atoms with Crippen molar-refractivity contribution < 1.29 is 28.4 Å². The van der Waals surface area contributed by atoms with E-state index in [1.54, 1.807) is 26.8 Å². The largest absolute Gasteiger partial charge is 0.490 e. The van der Waals surface area contributed by atoms with Crippen molar-refractivity contribution in [2.24, 2.45) is 0 Å². The molecule has 0 saturated carbocycles. The number of carbonyl (C=O) groups is 2. The van der Waals surface area contributed by atoms with Crippen LogP contribution in [-0.2, 0) is 16.1 Å². The molecule has 2 aromatic carbocycles. The third kappa shape index (κ3) is 6.40. The lowest BCUT2D eigenvalue weighted by molar-refractivity contribution is -0.385. The molecule has 2 amide bonds. The molecular formula is C22H26FN3O6. The lowest BCUT2D eigenvalue weighted by Gasteiger charge is -2.29. The van der Waals surface area contributed by atoms with E-state index < -0.39 is 29.3 Å². The highest BCUT2D eigenvalue weighted by molar-refractivity contribution is 5.88. The molecular weight excluding hydrogens is 421 g/mol. The van der Waals surface area contributed by atoms with Gasteiger partial charge in [0, 0.05) is 30.3 Å². The number of nitro groups is 1. The number of rotatable bonds is 10. The fourth-order valence-corrected chi connectivity index (χ4v) is 2.92. The van der Waals surface area contributed by atoms with Crippen molar-refractivity contribution in [3.05, 3.63) is 64.0 Å². The second-order valence-electron chi connectivity index (χ2n) is 7.33. The van der Waals surface area contributed by atoms with Gasteiger partial charge in [-0.1, -0.05) is 18.2 Å². The fraction of sp³-hybridized carbons (Fsp3) is 0.364. The minimum atomic E-state index is -0.889. The third-order valence-electron chi connectivity index (χ3n) is 4.61. The van der Waals surface area contributed by atoms with E-state index in [4.69, 9.17) is 9.47 Å². The molecule has 0 bridgehead atoms. The maximum Gasteiger partial charge on any atom is 0.311 e. The number of nitrogens with one attached hydrogen (secondary N) is 1. The van der Waals surface area contributed by atoms with E-state index in [-0.39, 0.29) is 41.2 Å². The Balaban J connectivity index is 2.21. The second-order valence-corrected chi connectivity index (χ2v) is 7.33. The van der Waals surface area contributed by atoms with E-state index >= 15 is 0 Å². The van der Waals surface area contributed by atoms with Crippen LogP contribution in [0.15, 0.2) is 42.5 Å². The molecule has 1 N–H and O–H groups in total. The van der Waals surface area contributed by atoms with Crippen LogP contribution in [0.2, 0.25) is 0 Å². The van der Waals surface area contributed by atoms with E-state index in [1.165, 1.54) is 48.4 Å². The summed E-state index contributed by atoms with van der Waals surface area (Å²) in [6.07, 6.45) is 0. The van der Waals surface area contributed by atoms with Crippen molar-refractivity contribution in [3.63, 3.8) is 0 Å². The lowest BCUT2D eigenvalue weighted by atomic mass is 10.1. The predicted molar refractivity (Wildman–Crippen MR) is 115 cm³/mol. The summed E-state index contributed by atoms with van der Waals surface area (Å²) in [5.74, 6) is -1.29. The first-order chi connectivity index (χ1) is 15.1. The number of ether oxygens (including phenoxy) is 2. The van der Waals surface area contributed by atoms with Gasteiger partial charge in [-0.2, -0.15) is 0 Å². The van der Waals surface area contributed by atoms with Crippen molar-refractivity contribution in [2.75, 3.05) is 13.7 Å². The van der Waals surface area contributed by atoms with E-state index in [0.717, 1.165) is 0 Å². The zero-order chi connectivity index (χ0) is 23.8. The van der Waals surface area contributed by atoms with Crippen LogP contribution in [0.4, 0.5) is 10.1 Å². The van der Waals surface area contributed by atoms with Crippen LogP contribution in [-0.4, -0.2) is 47.4 Å². The Morgan fingerprint density at radius 2 is 1.88 bits per heavy atom. The SMILES string of the molecule is COc1cc(OCC(=O)N(Cc2ccccc2F)C(C)C(=O)NC(C)C)ccc1[N+](=O)[O-]. The Bertz CT molecular complexity index is 982. The van der Waals surface area contributed by atoms with Gasteiger partial charge < -0.3 is 19.7 Å². The van der Waals surface area contributed by atoms with Gasteiger partial charge in [0.1, 0.15) is 17.6 Å². The predicted octanol–water partition coefficient (Wildman–Crippen LogP) is 3.06. The number of carbonyl (C=O) groups excluding carboxylic acids is 2. The summed E-state index contributed by atoms with van der Waals surface area (Å²) in [6, 6.07) is 8.78. The number of methoxy groups -OCH3 is 1. The van der Waals surface area contributed by atoms with Crippen LogP contribution >= 0.6 is 0 Å². The van der Waals surface area contributed by atoms with Crippen molar-refractivity contribution >= 4 is 17.5 Å². The quantitative estimate of drug-likeness (QED) is 0.443. The summed E-state index contributed by atoms with van der Waals surface area (Å²) in [5, 5.41) is 13.8. The van der Waals surface area contributed by atoms with E-state index in [2.05, 4.69) is 5.32 Å². The first-order valence-electron chi connectivity index (χ1n) is 9.92. The van der Waals surface area contributed by atoms with Crippen LogP contribution in [0.25, 0.3) is 0 Å². The molecule has 1 atom stereocenters. The van der Waals surface area contributed by atoms with Crippen LogP contribution in [0, 0.1) is 15.9 Å². The van der Waals surface area contributed by atoms with Gasteiger partial charge in [-0.05, 0) is 32.9 Å². The van der Waals surface area contributed by atoms with Gasteiger partial charge >= 0.3 is 5.69 Å². The number of benzene rings is 2. The van der Waals surface area contributed by atoms with Crippen LogP contribution in [0.3, 0.4) is 0 Å². The first-order valence-corrected chi connectivity index (χ1v) is 9.92. The van der Waals surface area contributed by atoms with Gasteiger partial charge in [0.05, 0.1) is 12.0 Å². The molecule has 0 heterocycles. The first kappa shape index (κ1) is 24.6. The Morgan fingerprint density at radius 1 is 1.19 bits per heavy atom. The summed E-state index contributed by atoms with van der Waals surface area (Å²) >= 11 is 0. The Hall–Kier alpha value is -3.69. The van der Waals surface area contributed by atoms with E-state index in [9.17, 15) is 24.1 Å². The Morgan fingerprint density at radius 3 is 2.47 bits per heavy atom. The molecule has 0 aliphatic rings. The summed E-state index contributed by atoms with van der Waals surface area (Å²) in [6.45, 7) is 4.53. The molecule has 2 rings (SSSR count).